The van der Waals surface area contributed by atoms with Gasteiger partial charge in [-0.15, -0.1) is 11.8 Å². The highest BCUT2D eigenvalue weighted by atomic mass is 32.2. The van der Waals surface area contributed by atoms with Crippen molar-refractivity contribution in [3.63, 3.8) is 0 Å². The molecular weight excluding hydrogens is 539 g/mol. The number of ether oxygens (including phenoxy) is 2. The molecule has 0 saturated carbocycles. The third kappa shape index (κ3) is 7.45. The molecule has 0 fully saturated rings. The van der Waals surface area contributed by atoms with Gasteiger partial charge < -0.3 is 9.47 Å². The lowest BCUT2D eigenvalue weighted by Crippen LogP contribution is -2.34. The van der Waals surface area contributed by atoms with E-state index in [0.29, 0.717) is 36.6 Å². The minimum absolute atomic E-state index is 0.0314. The Hall–Kier alpha value is -2.24. The molecule has 38 heavy (non-hydrogen) atoms. The Labute approximate surface area is 226 Å². The molecule has 3 rings (SSSR count). The summed E-state index contributed by atoms with van der Waals surface area (Å²) in [6.07, 6.45) is -2.94. The summed E-state index contributed by atoms with van der Waals surface area (Å²) in [6.45, 7) is 8.62. The summed E-state index contributed by atoms with van der Waals surface area (Å²) in [5.41, 5.74) is -0.186. The molecule has 1 aliphatic rings. The zero-order valence-corrected chi connectivity index (χ0v) is 24.0. The molecule has 6 nitrogen and oxygen atoms in total. The van der Waals surface area contributed by atoms with Crippen molar-refractivity contribution in [3.8, 4) is 5.75 Å². The van der Waals surface area contributed by atoms with E-state index in [9.17, 15) is 26.4 Å². The monoisotopic (exact) mass is 573 g/mol. The number of alkyl halides is 3. The summed E-state index contributed by atoms with van der Waals surface area (Å²) in [7, 11) is -2.89. The van der Waals surface area contributed by atoms with Crippen LogP contribution in [0.15, 0.2) is 46.2 Å². The first-order valence-corrected chi connectivity index (χ1v) is 14.6. The number of halogens is 3. The quantitative estimate of drug-likeness (QED) is 0.261. The summed E-state index contributed by atoms with van der Waals surface area (Å²) in [5, 5.41) is -0.0314. The lowest BCUT2D eigenvalue weighted by atomic mass is 9.87. The van der Waals surface area contributed by atoms with E-state index in [1.807, 2.05) is 13.8 Å². The topological polar surface area (TPSA) is 72.9 Å². The van der Waals surface area contributed by atoms with Crippen LogP contribution in [-0.4, -0.2) is 43.2 Å². The van der Waals surface area contributed by atoms with Gasteiger partial charge in [0.25, 0.3) is 0 Å². The molecule has 0 aromatic heterocycles. The van der Waals surface area contributed by atoms with Crippen molar-refractivity contribution in [2.24, 2.45) is 0 Å². The van der Waals surface area contributed by atoms with Crippen molar-refractivity contribution in [3.05, 3.63) is 53.1 Å². The molecular formula is C27H34F3NO5S2. The highest BCUT2D eigenvalue weighted by Crippen LogP contribution is 2.41. The predicted molar refractivity (Wildman–Crippen MR) is 141 cm³/mol. The number of sulfonamides is 1. The molecule has 0 amide bonds. The number of fused-ring (bicyclic) bond motifs is 1. The van der Waals surface area contributed by atoms with Crippen molar-refractivity contribution in [2.75, 3.05) is 13.7 Å². The second-order valence-corrected chi connectivity index (χ2v) is 14.1. The fourth-order valence-corrected chi connectivity index (χ4v) is 6.82. The molecule has 2 aromatic rings. The van der Waals surface area contributed by atoms with Gasteiger partial charge in [-0.1, -0.05) is 26.0 Å². The number of carbonyl (C=O) groups excluding carboxylic acids is 1. The number of hydrogen-bond acceptors (Lipinski definition) is 6. The first-order valence-electron chi connectivity index (χ1n) is 12.3. The number of benzene rings is 2. The van der Waals surface area contributed by atoms with E-state index in [-0.39, 0.29) is 16.8 Å². The van der Waals surface area contributed by atoms with Crippen LogP contribution in [0.2, 0.25) is 0 Å². The van der Waals surface area contributed by atoms with E-state index in [1.54, 1.807) is 39.0 Å². The van der Waals surface area contributed by atoms with Gasteiger partial charge in [0.2, 0.25) is 10.0 Å². The van der Waals surface area contributed by atoms with Gasteiger partial charge in [-0.2, -0.15) is 17.5 Å². The van der Waals surface area contributed by atoms with Gasteiger partial charge in [-0.3, -0.25) is 0 Å². The predicted octanol–water partition coefficient (Wildman–Crippen LogP) is 6.62. The van der Waals surface area contributed by atoms with Crippen LogP contribution < -0.4 is 4.74 Å². The maximum Gasteiger partial charge on any atom is 0.416 e. The number of carbonyl (C=O) groups is 1. The Kier molecular flexibility index (Phi) is 9.15. The van der Waals surface area contributed by atoms with Crippen LogP contribution in [0.4, 0.5) is 13.2 Å². The molecule has 210 valence electrons. The van der Waals surface area contributed by atoms with Crippen LogP contribution in [-0.2, 0) is 32.2 Å². The maximum absolute atomic E-state index is 13.6. The zero-order valence-electron chi connectivity index (χ0n) is 22.4. The SMILES string of the molecule is CC(C)Sc1cc(C(F)(F)F)cc(S(=O)(=O)N(C)[C@@H]2CCCc3c(OCC(=O)OC(C)(C)C)cccc32)c1. The van der Waals surface area contributed by atoms with Crippen LogP contribution in [0.5, 0.6) is 5.75 Å². The van der Waals surface area contributed by atoms with Crippen LogP contribution >= 0.6 is 11.8 Å². The lowest BCUT2D eigenvalue weighted by Gasteiger charge is -2.33. The Morgan fingerprint density at radius 3 is 2.45 bits per heavy atom. The molecule has 0 bridgehead atoms. The van der Waals surface area contributed by atoms with Crippen LogP contribution in [0.25, 0.3) is 0 Å². The molecule has 1 atom stereocenters. The maximum atomic E-state index is 13.6. The Balaban J connectivity index is 1.94. The van der Waals surface area contributed by atoms with Gasteiger partial charge in [0.05, 0.1) is 16.5 Å². The molecule has 0 heterocycles. The standard InChI is InChI=1S/C27H34F3NO5S2/c1-17(2)37-19-13-18(27(28,29)30)14-20(15-19)38(33,34)31(6)23-11-7-10-22-21(23)9-8-12-24(22)35-16-25(32)36-26(3,4)5/h8-9,12-15,17,23H,7,10-11,16H2,1-6H3/t23-/m1/s1. The normalized spacial score (nSPS) is 16.4. The van der Waals surface area contributed by atoms with Crippen molar-refractivity contribution in [2.45, 2.75) is 86.7 Å². The van der Waals surface area contributed by atoms with E-state index >= 15 is 0 Å². The Morgan fingerprint density at radius 2 is 1.84 bits per heavy atom. The third-order valence-corrected chi connectivity index (χ3v) is 8.72. The van der Waals surface area contributed by atoms with Crippen molar-refractivity contribution >= 4 is 27.8 Å². The van der Waals surface area contributed by atoms with Gasteiger partial charge in [0.15, 0.2) is 6.61 Å². The van der Waals surface area contributed by atoms with Gasteiger partial charge in [0.1, 0.15) is 11.4 Å². The second kappa shape index (κ2) is 11.5. The average Bonchev–Trinajstić information content (AvgIpc) is 2.79. The summed E-state index contributed by atoms with van der Waals surface area (Å²) in [4.78, 5) is 12.0. The molecule has 11 heteroatoms. The first kappa shape index (κ1) is 30.3. The van der Waals surface area contributed by atoms with Gasteiger partial charge in [-0.25, -0.2) is 13.2 Å². The smallest absolute Gasteiger partial charge is 0.416 e. The molecule has 0 saturated heterocycles. The molecule has 0 aliphatic heterocycles. The van der Waals surface area contributed by atoms with Crippen LogP contribution in [0.3, 0.4) is 0 Å². The van der Waals surface area contributed by atoms with Crippen molar-refractivity contribution in [1.82, 2.24) is 4.31 Å². The summed E-state index contributed by atoms with van der Waals surface area (Å²) >= 11 is 1.17. The van der Waals surface area contributed by atoms with Gasteiger partial charge in [-0.05, 0) is 75.4 Å². The van der Waals surface area contributed by atoms with E-state index in [1.165, 1.54) is 24.9 Å². The highest BCUT2D eigenvalue weighted by Gasteiger charge is 2.37. The zero-order chi connectivity index (χ0) is 28.5. The van der Waals surface area contributed by atoms with E-state index in [2.05, 4.69) is 0 Å². The largest absolute Gasteiger partial charge is 0.482 e. The van der Waals surface area contributed by atoms with Crippen molar-refractivity contribution < 1.29 is 35.9 Å². The minimum atomic E-state index is -4.69. The lowest BCUT2D eigenvalue weighted by molar-refractivity contribution is -0.157. The second-order valence-electron chi connectivity index (χ2n) is 10.5. The minimum Gasteiger partial charge on any atom is -0.482 e. The molecule has 0 radical (unpaired) electrons. The number of nitrogens with zero attached hydrogens (tertiary/aromatic N) is 1. The first-order chi connectivity index (χ1) is 17.5. The number of esters is 1. The Bertz CT molecular complexity index is 1270. The van der Waals surface area contributed by atoms with E-state index in [0.717, 1.165) is 15.9 Å². The van der Waals surface area contributed by atoms with E-state index < -0.39 is 44.3 Å². The average molecular weight is 574 g/mol. The number of rotatable bonds is 8. The molecule has 0 unspecified atom stereocenters. The number of thioether (sulfide) groups is 1. The van der Waals surface area contributed by atoms with Gasteiger partial charge in [0, 0.05) is 17.2 Å². The van der Waals surface area contributed by atoms with Crippen LogP contribution in [0, 0.1) is 0 Å². The third-order valence-electron chi connectivity index (χ3n) is 5.89. The summed E-state index contributed by atoms with van der Waals surface area (Å²) in [5.74, 6) is -0.0691. The fourth-order valence-electron chi connectivity index (χ4n) is 4.37. The molecule has 0 spiro atoms. The molecule has 2 aromatic carbocycles. The Morgan fingerprint density at radius 1 is 1.16 bits per heavy atom. The summed E-state index contributed by atoms with van der Waals surface area (Å²) in [6, 6.07) is 7.58. The molecule has 1 aliphatic carbocycles. The highest BCUT2D eigenvalue weighted by molar-refractivity contribution is 8.00. The fraction of sp³-hybridized carbons (Fsp3) is 0.519. The van der Waals surface area contributed by atoms with Crippen LogP contribution in [0.1, 0.15) is 70.2 Å². The van der Waals surface area contributed by atoms with Gasteiger partial charge >= 0.3 is 12.1 Å². The molecule has 0 N–H and O–H groups in total. The number of hydrogen-bond donors (Lipinski definition) is 0. The van der Waals surface area contributed by atoms with E-state index in [4.69, 9.17) is 9.47 Å². The van der Waals surface area contributed by atoms with Crippen molar-refractivity contribution in [1.29, 1.82) is 0 Å². The summed E-state index contributed by atoms with van der Waals surface area (Å²) < 4.78 is 80.4.